The molecule has 1 amide bonds. The number of aliphatic carboxylic acids is 1. The van der Waals surface area contributed by atoms with E-state index in [1.54, 1.807) is 31.3 Å². The maximum absolute atomic E-state index is 11.6. The minimum atomic E-state index is -1.07. The summed E-state index contributed by atoms with van der Waals surface area (Å²) < 4.78 is 6.01. The highest BCUT2D eigenvalue weighted by Crippen LogP contribution is 2.29. The number of rotatable bonds is 2. The van der Waals surface area contributed by atoms with Crippen molar-refractivity contribution in [3.05, 3.63) is 34.3 Å². The van der Waals surface area contributed by atoms with Gasteiger partial charge in [0.15, 0.2) is 6.10 Å². The molecule has 1 aliphatic heterocycles. The Bertz CT molecular complexity index is 473. The lowest BCUT2D eigenvalue weighted by Crippen LogP contribution is -2.50. The fraction of sp³-hybridized carbons (Fsp3) is 0.333. The molecule has 18 heavy (non-hydrogen) atoms. The zero-order chi connectivity index (χ0) is 13.3. The summed E-state index contributed by atoms with van der Waals surface area (Å²) in [5.41, 5.74) is 0.737. The molecule has 1 aromatic rings. The van der Waals surface area contributed by atoms with Crippen LogP contribution in [0.15, 0.2) is 28.7 Å². The van der Waals surface area contributed by atoms with Crippen molar-refractivity contribution in [3.63, 3.8) is 0 Å². The summed E-state index contributed by atoms with van der Waals surface area (Å²) >= 11 is 3.31. The molecule has 6 heteroatoms. The Hall–Kier alpha value is -1.40. The molecule has 1 N–H and O–H groups in total. The van der Waals surface area contributed by atoms with Gasteiger partial charge in [-0.2, -0.15) is 0 Å². The highest BCUT2D eigenvalue weighted by molar-refractivity contribution is 9.10. The van der Waals surface area contributed by atoms with Gasteiger partial charge in [-0.25, -0.2) is 4.79 Å². The lowest BCUT2D eigenvalue weighted by molar-refractivity contribution is -0.171. The van der Waals surface area contributed by atoms with Crippen LogP contribution in [0.3, 0.4) is 0 Å². The average molecular weight is 314 g/mol. The van der Waals surface area contributed by atoms with E-state index in [1.165, 1.54) is 4.90 Å². The smallest absolute Gasteiger partial charge is 0.335 e. The van der Waals surface area contributed by atoms with E-state index < -0.39 is 18.1 Å². The fourth-order valence-electron chi connectivity index (χ4n) is 1.98. The summed E-state index contributed by atoms with van der Waals surface area (Å²) in [6.07, 6.45) is -1.03. The Morgan fingerprint density at radius 1 is 1.44 bits per heavy atom. The van der Waals surface area contributed by atoms with Crippen molar-refractivity contribution >= 4 is 27.8 Å². The van der Waals surface area contributed by atoms with Gasteiger partial charge in [0.1, 0.15) is 6.61 Å². The third-order valence-corrected chi connectivity index (χ3v) is 3.47. The number of halogens is 1. The quantitative estimate of drug-likeness (QED) is 0.897. The van der Waals surface area contributed by atoms with Gasteiger partial charge in [0, 0.05) is 11.5 Å². The molecule has 2 atom stereocenters. The fourth-order valence-corrected chi connectivity index (χ4v) is 2.24. The number of carbonyl (C=O) groups excluding carboxylic acids is 1. The first kappa shape index (κ1) is 13.0. The molecule has 2 unspecified atom stereocenters. The largest absolute Gasteiger partial charge is 0.479 e. The van der Waals surface area contributed by atoms with Crippen LogP contribution in [0.25, 0.3) is 0 Å². The van der Waals surface area contributed by atoms with Gasteiger partial charge < -0.3 is 14.7 Å². The number of hydrogen-bond acceptors (Lipinski definition) is 3. The monoisotopic (exact) mass is 313 g/mol. The zero-order valence-corrected chi connectivity index (χ0v) is 11.3. The molecule has 96 valence electrons. The summed E-state index contributed by atoms with van der Waals surface area (Å²) in [4.78, 5) is 24.2. The van der Waals surface area contributed by atoms with Gasteiger partial charge in [0.05, 0.1) is 6.04 Å². The second-order valence-electron chi connectivity index (χ2n) is 4.07. The minimum Gasteiger partial charge on any atom is -0.479 e. The molecule has 1 aliphatic rings. The molecular formula is C12H12BrNO4. The third kappa shape index (κ3) is 2.39. The number of carboxylic acid groups (broad SMARTS) is 1. The Balaban J connectivity index is 2.37. The van der Waals surface area contributed by atoms with E-state index in [0.29, 0.717) is 0 Å². The molecule has 1 heterocycles. The normalized spacial score (nSPS) is 24.1. The zero-order valence-electron chi connectivity index (χ0n) is 9.67. The van der Waals surface area contributed by atoms with E-state index >= 15 is 0 Å². The van der Waals surface area contributed by atoms with Gasteiger partial charge >= 0.3 is 5.97 Å². The number of morpholine rings is 1. The van der Waals surface area contributed by atoms with Crippen molar-refractivity contribution in [2.45, 2.75) is 12.1 Å². The predicted molar refractivity (Wildman–Crippen MR) is 67.0 cm³/mol. The van der Waals surface area contributed by atoms with Crippen molar-refractivity contribution in [1.82, 2.24) is 4.90 Å². The molecule has 0 radical (unpaired) electrons. The van der Waals surface area contributed by atoms with Crippen molar-refractivity contribution in [2.24, 2.45) is 0 Å². The van der Waals surface area contributed by atoms with Crippen LogP contribution in [0.4, 0.5) is 0 Å². The maximum atomic E-state index is 11.6. The summed E-state index contributed by atoms with van der Waals surface area (Å²) in [6.45, 7) is -0.194. The first-order chi connectivity index (χ1) is 8.50. The number of benzene rings is 1. The lowest BCUT2D eigenvalue weighted by atomic mass is 9.98. The van der Waals surface area contributed by atoms with Crippen LogP contribution in [0.5, 0.6) is 0 Å². The molecule has 1 fully saturated rings. The second-order valence-corrected chi connectivity index (χ2v) is 4.99. The first-order valence-electron chi connectivity index (χ1n) is 5.36. The topological polar surface area (TPSA) is 66.8 Å². The number of ether oxygens (including phenoxy) is 1. The molecule has 0 spiro atoms. The molecule has 1 saturated heterocycles. The number of carbonyl (C=O) groups is 2. The van der Waals surface area contributed by atoms with Gasteiger partial charge in [-0.1, -0.05) is 28.1 Å². The van der Waals surface area contributed by atoms with Gasteiger partial charge in [0.2, 0.25) is 5.91 Å². The Labute approximate surface area is 112 Å². The van der Waals surface area contributed by atoms with Crippen molar-refractivity contribution in [3.8, 4) is 0 Å². The standard InChI is InChI=1S/C12H12BrNO4/c1-14-9(15)6-18-11(12(16)17)10(14)7-2-4-8(13)5-3-7/h2-5,10-11H,6H2,1H3,(H,16,17). The highest BCUT2D eigenvalue weighted by atomic mass is 79.9. The lowest BCUT2D eigenvalue weighted by Gasteiger charge is -2.37. The van der Waals surface area contributed by atoms with Crippen LogP contribution < -0.4 is 0 Å². The predicted octanol–water partition coefficient (Wildman–Crippen LogP) is 1.43. The van der Waals surface area contributed by atoms with Gasteiger partial charge in [0.25, 0.3) is 0 Å². The summed E-state index contributed by atoms with van der Waals surface area (Å²) in [7, 11) is 1.59. The number of amides is 1. The van der Waals surface area contributed by atoms with Crippen molar-refractivity contribution in [2.75, 3.05) is 13.7 Å². The molecule has 0 aromatic heterocycles. The van der Waals surface area contributed by atoms with Gasteiger partial charge in [-0.3, -0.25) is 4.79 Å². The van der Waals surface area contributed by atoms with E-state index in [9.17, 15) is 9.59 Å². The van der Waals surface area contributed by atoms with Crippen LogP contribution in [0.2, 0.25) is 0 Å². The number of hydrogen-bond donors (Lipinski definition) is 1. The Kier molecular flexibility index (Phi) is 3.68. The van der Waals surface area contributed by atoms with E-state index in [2.05, 4.69) is 15.9 Å². The third-order valence-electron chi connectivity index (χ3n) is 2.94. The van der Waals surface area contributed by atoms with Crippen LogP contribution in [0, 0.1) is 0 Å². The molecule has 0 bridgehead atoms. The van der Waals surface area contributed by atoms with Crippen molar-refractivity contribution in [1.29, 1.82) is 0 Å². The Morgan fingerprint density at radius 3 is 2.61 bits per heavy atom. The average Bonchev–Trinajstić information content (AvgIpc) is 2.33. The minimum absolute atomic E-state index is 0.194. The van der Waals surface area contributed by atoms with Gasteiger partial charge in [-0.15, -0.1) is 0 Å². The van der Waals surface area contributed by atoms with E-state index in [1.807, 2.05) is 0 Å². The van der Waals surface area contributed by atoms with Crippen LogP contribution in [-0.4, -0.2) is 41.6 Å². The van der Waals surface area contributed by atoms with Crippen LogP contribution in [0.1, 0.15) is 11.6 Å². The molecule has 0 saturated carbocycles. The van der Waals surface area contributed by atoms with Crippen LogP contribution in [-0.2, 0) is 14.3 Å². The van der Waals surface area contributed by atoms with E-state index in [-0.39, 0.29) is 12.5 Å². The van der Waals surface area contributed by atoms with E-state index in [4.69, 9.17) is 9.84 Å². The number of likely N-dealkylation sites (N-methyl/N-ethyl adjacent to an activating group) is 1. The molecule has 5 nitrogen and oxygen atoms in total. The first-order valence-corrected chi connectivity index (χ1v) is 6.15. The molecule has 2 rings (SSSR count). The second kappa shape index (κ2) is 5.07. The maximum Gasteiger partial charge on any atom is 0.335 e. The van der Waals surface area contributed by atoms with Crippen LogP contribution >= 0.6 is 15.9 Å². The summed E-state index contributed by atoms with van der Waals surface area (Å²) in [5.74, 6) is -1.29. The van der Waals surface area contributed by atoms with Crippen molar-refractivity contribution < 1.29 is 19.4 Å². The summed E-state index contributed by atoms with van der Waals surface area (Å²) in [5, 5.41) is 9.16. The number of nitrogens with zero attached hydrogens (tertiary/aromatic N) is 1. The summed E-state index contributed by atoms with van der Waals surface area (Å²) in [6, 6.07) is 6.58. The molecular weight excluding hydrogens is 302 g/mol. The molecule has 0 aliphatic carbocycles. The Morgan fingerprint density at radius 2 is 2.06 bits per heavy atom. The molecule has 1 aromatic carbocycles. The SMILES string of the molecule is CN1C(=O)COC(C(=O)O)C1c1ccc(Br)cc1. The number of carboxylic acids is 1. The van der Waals surface area contributed by atoms with Gasteiger partial charge in [-0.05, 0) is 17.7 Å². The van der Waals surface area contributed by atoms with E-state index in [0.717, 1.165) is 10.0 Å². The highest BCUT2D eigenvalue weighted by Gasteiger charge is 2.39.